The van der Waals surface area contributed by atoms with Gasteiger partial charge in [-0.1, -0.05) is 18.1 Å². The van der Waals surface area contributed by atoms with Gasteiger partial charge in [0.15, 0.2) is 0 Å². The van der Waals surface area contributed by atoms with E-state index in [1.54, 1.807) is 0 Å². The molecule has 0 spiro atoms. The number of carbonyl (C=O) groups excluding carboxylic acids is 1. The van der Waals surface area contributed by atoms with Crippen molar-refractivity contribution in [3.05, 3.63) is 40.6 Å². The number of hydrogen-bond acceptors (Lipinski definition) is 4. The standard InChI is InChI=1S/C16H21N3O2/c1-5-8-17-14-9-10(2)6-7-13(14)15(20)18-16-11(3)12(4)19-21-16/h6-7,9,17H,5,8H2,1-4H3,(H,18,20). The minimum atomic E-state index is -0.201. The Balaban J connectivity index is 2.24. The molecule has 0 atom stereocenters. The lowest BCUT2D eigenvalue weighted by Crippen LogP contribution is -2.15. The van der Waals surface area contributed by atoms with Gasteiger partial charge < -0.3 is 9.84 Å². The first-order chi connectivity index (χ1) is 10.0. The van der Waals surface area contributed by atoms with E-state index in [2.05, 4.69) is 22.7 Å². The van der Waals surface area contributed by atoms with Crippen LogP contribution in [0.1, 0.15) is 40.5 Å². The van der Waals surface area contributed by atoms with Crippen LogP contribution < -0.4 is 10.6 Å². The Morgan fingerprint density at radius 1 is 1.29 bits per heavy atom. The second-order valence-electron chi connectivity index (χ2n) is 5.15. The predicted molar refractivity (Wildman–Crippen MR) is 83.9 cm³/mol. The highest BCUT2D eigenvalue weighted by Crippen LogP contribution is 2.22. The highest BCUT2D eigenvalue weighted by Gasteiger charge is 2.16. The van der Waals surface area contributed by atoms with Crippen molar-refractivity contribution in [2.45, 2.75) is 34.1 Å². The fraction of sp³-hybridized carbons (Fsp3) is 0.375. The lowest BCUT2D eigenvalue weighted by molar-refractivity contribution is 0.102. The Morgan fingerprint density at radius 2 is 2.05 bits per heavy atom. The van der Waals surface area contributed by atoms with Crippen molar-refractivity contribution in [1.82, 2.24) is 5.16 Å². The van der Waals surface area contributed by atoms with Crippen molar-refractivity contribution < 1.29 is 9.32 Å². The van der Waals surface area contributed by atoms with Crippen LogP contribution in [0.15, 0.2) is 22.7 Å². The first-order valence-corrected chi connectivity index (χ1v) is 7.11. The van der Waals surface area contributed by atoms with Gasteiger partial charge in [0.25, 0.3) is 5.91 Å². The summed E-state index contributed by atoms with van der Waals surface area (Å²) in [4.78, 5) is 12.4. The minimum absolute atomic E-state index is 0.201. The van der Waals surface area contributed by atoms with Crippen LogP contribution in [-0.2, 0) is 0 Å². The number of benzene rings is 1. The van der Waals surface area contributed by atoms with Gasteiger partial charge in [-0.3, -0.25) is 10.1 Å². The van der Waals surface area contributed by atoms with Crippen LogP contribution in [0.4, 0.5) is 11.6 Å². The second-order valence-corrected chi connectivity index (χ2v) is 5.15. The summed E-state index contributed by atoms with van der Waals surface area (Å²) in [5.41, 5.74) is 4.17. The first kappa shape index (κ1) is 15.1. The number of aryl methyl sites for hydroxylation is 2. The van der Waals surface area contributed by atoms with Gasteiger partial charge in [-0.2, -0.15) is 0 Å². The van der Waals surface area contributed by atoms with Gasteiger partial charge in [0, 0.05) is 17.8 Å². The van der Waals surface area contributed by atoms with Gasteiger partial charge in [0.1, 0.15) is 0 Å². The highest BCUT2D eigenvalue weighted by atomic mass is 16.5. The molecule has 1 aromatic carbocycles. The molecule has 5 nitrogen and oxygen atoms in total. The van der Waals surface area contributed by atoms with Crippen LogP contribution >= 0.6 is 0 Å². The zero-order valence-electron chi connectivity index (χ0n) is 12.9. The molecule has 0 aliphatic rings. The van der Waals surface area contributed by atoms with Gasteiger partial charge in [0.2, 0.25) is 5.88 Å². The maximum atomic E-state index is 12.4. The van der Waals surface area contributed by atoms with Crippen LogP contribution in [0.5, 0.6) is 0 Å². The molecular formula is C16H21N3O2. The Labute approximate surface area is 124 Å². The summed E-state index contributed by atoms with van der Waals surface area (Å²) >= 11 is 0. The van der Waals surface area contributed by atoms with E-state index in [-0.39, 0.29) is 5.91 Å². The Kier molecular flexibility index (Phi) is 4.62. The van der Waals surface area contributed by atoms with Crippen molar-refractivity contribution in [2.24, 2.45) is 0 Å². The largest absolute Gasteiger partial charge is 0.384 e. The van der Waals surface area contributed by atoms with Crippen LogP contribution in [0.25, 0.3) is 0 Å². The molecule has 5 heteroatoms. The molecule has 0 unspecified atom stereocenters. The summed E-state index contributed by atoms with van der Waals surface area (Å²) in [5, 5.41) is 9.90. The monoisotopic (exact) mass is 287 g/mol. The van der Waals surface area contributed by atoms with Crippen molar-refractivity contribution in [3.63, 3.8) is 0 Å². The third-order valence-corrected chi connectivity index (χ3v) is 3.37. The lowest BCUT2D eigenvalue weighted by atomic mass is 10.1. The number of nitrogens with one attached hydrogen (secondary N) is 2. The smallest absolute Gasteiger partial charge is 0.260 e. The van der Waals surface area contributed by atoms with Crippen molar-refractivity contribution in [3.8, 4) is 0 Å². The van der Waals surface area contributed by atoms with E-state index < -0.39 is 0 Å². The van der Waals surface area contributed by atoms with Crippen molar-refractivity contribution >= 4 is 17.5 Å². The van der Waals surface area contributed by atoms with E-state index >= 15 is 0 Å². The zero-order chi connectivity index (χ0) is 15.4. The number of rotatable bonds is 5. The summed E-state index contributed by atoms with van der Waals surface area (Å²) in [5.74, 6) is 0.201. The molecule has 2 aromatic rings. The highest BCUT2D eigenvalue weighted by molar-refractivity contribution is 6.07. The maximum absolute atomic E-state index is 12.4. The average molecular weight is 287 g/mol. The predicted octanol–water partition coefficient (Wildman–Crippen LogP) is 3.67. The molecule has 1 amide bonds. The van der Waals surface area contributed by atoms with E-state index in [9.17, 15) is 4.79 Å². The molecule has 112 valence electrons. The molecule has 21 heavy (non-hydrogen) atoms. The Hall–Kier alpha value is -2.30. The molecule has 0 saturated carbocycles. The van der Waals surface area contributed by atoms with Crippen molar-refractivity contribution in [2.75, 3.05) is 17.2 Å². The number of anilines is 2. The van der Waals surface area contributed by atoms with Gasteiger partial charge in [-0.05, 0) is 44.9 Å². The van der Waals surface area contributed by atoms with Crippen molar-refractivity contribution in [1.29, 1.82) is 0 Å². The normalized spacial score (nSPS) is 10.5. The van der Waals surface area contributed by atoms with Gasteiger partial charge >= 0.3 is 0 Å². The fourth-order valence-corrected chi connectivity index (χ4v) is 1.96. The molecule has 0 fully saturated rings. The van der Waals surface area contributed by atoms with Gasteiger partial charge in [-0.15, -0.1) is 0 Å². The first-order valence-electron chi connectivity index (χ1n) is 7.11. The molecule has 1 aromatic heterocycles. The quantitative estimate of drug-likeness (QED) is 0.880. The zero-order valence-corrected chi connectivity index (χ0v) is 12.9. The molecule has 0 saturated heterocycles. The molecule has 1 heterocycles. The number of aromatic nitrogens is 1. The molecule has 0 bridgehead atoms. The SMILES string of the molecule is CCCNc1cc(C)ccc1C(=O)Nc1onc(C)c1C. The summed E-state index contributed by atoms with van der Waals surface area (Å²) in [6, 6.07) is 5.72. The van der Waals surface area contributed by atoms with Gasteiger partial charge in [-0.25, -0.2) is 0 Å². The summed E-state index contributed by atoms with van der Waals surface area (Å²) in [6.45, 7) is 8.62. The number of nitrogens with zero attached hydrogens (tertiary/aromatic N) is 1. The maximum Gasteiger partial charge on any atom is 0.260 e. The summed E-state index contributed by atoms with van der Waals surface area (Å²) in [6.07, 6.45) is 0.995. The number of carbonyl (C=O) groups is 1. The van der Waals surface area contributed by atoms with Crippen LogP contribution in [0.2, 0.25) is 0 Å². The average Bonchev–Trinajstić information content (AvgIpc) is 2.77. The molecule has 0 radical (unpaired) electrons. The third-order valence-electron chi connectivity index (χ3n) is 3.37. The summed E-state index contributed by atoms with van der Waals surface area (Å²) in [7, 11) is 0. The molecule has 0 aliphatic heterocycles. The Bertz CT molecular complexity index is 647. The third kappa shape index (κ3) is 3.42. The van der Waals surface area contributed by atoms with E-state index in [1.807, 2.05) is 39.0 Å². The van der Waals surface area contributed by atoms with Gasteiger partial charge in [0.05, 0.1) is 11.3 Å². The summed E-state index contributed by atoms with van der Waals surface area (Å²) < 4.78 is 5.13. The molecular weight excluding hydrogens is 266 g/mol. The minimum Gasteiger partial charge on any atom is -0.384 e. The molecule has 0 aliphatic carbocycles. The second kappa shape index (κ2) is 6.43. The topological polar surface area (TPSA) is 67.2 Å². The lowest BCUT2D eigenvalue weighted by Gasteiger charge is -2.12. The van der Waals surface area contributed by atoms with Crippen LogP contribution in [0.3, 0.4) is 0 Å². The number of amides is 1. The Morgan fingerprint density at radius 3 is 2.67 bits per heavy atom. The molecule has 2 N–H and O–H groups in total. The van der Waals surface area contributed by atoms with E-state index in [0.717, 1.165) is 35.5 Å². The number of hydrogen-bond donors (Lipinski definition) is 2. The molecule has 2 rings (SSSR count). The fourth-order valence-electron chi connectivity index (χ4n) is 1.96. The van der Waals surface area contributed by atoms with Crippen LogP contribution in [0, 0.1) is 20.8 Å². The van der Waals surface area contributed by atoms with E-state index in [1.165, 1.54) is 0 Å². The van der Waals surface area contributed by atoms with E-state index in [0.29, 0.717) is 11.4 Å². The van der Waals surface area contributed by atoms with Crippen LogP contribution in [-0.4, -0.2) is 17.6 Å². The van der Waals surface area contributed by atoms with E-state index in [4.69, 9.17) is 4.52 Å².